The fraction of sp³-hybridized carbons (Fsp3) is 0.389. The molecule has 52 heavy (non-hydrogen) atoms. The van der Waals surface area contributed by atoms with Crippen LogP contribution >= 0.6 is 7.75 Å². The number of fused-ring (bicyclic) bond motifs is 2. The fourth-order valence-corrected chi connectivity index (χ4v) is 7.28. The molecule has 0 amide bonds. The minimum Gasteiger partial charge on any atom is -0.464 e. The molecule has 5 aromatic rings. The molecule has 2 unspecified atom stereocenters. The number of carbonyl (C=O) groups is 1. The number of esters is 1. The lowest BCUT2D eigenvalue weighted by Crippen LogP contribution is -2.44. The second-order valence-corrected chi connectivity index (χ2v) is 15.9. The number of aromatic nitrogens is 4. The molecule has 0 radical (unpaired) electrons. The zero-order valence-electron chi connectivity index (χ0n) is 29.6. The Bertz CT molecular complexity index is 2080. The standard InChI is InChI=1S/C36H44N7O8P/c1-22(32(45)48-20-35(2,3)4)42-52(47,51-26-17-11-15-24-14-9-10-16-25(24)26)49-19-27-29(44)36(5,46)33(50-27)43-21-39-28-30(40-34(37)41-31(28)43)38-18-23-12-7-6-8-13-23/h6-17,21-22,27,29,33,44,46H,18-20H2,1-5H3,(H,42,47)(H3,37,38,40,41)/t22-,27+,29+,33?,36+,52?/m0/s1. The molecule has 1 saturated heterocycles. The fourth-order valence-electron chi connectivity index (χ4n) is 5.76. The van der Waals surface area contributed by atoms with Crippen LogP contribution in [0.5, 0.6) is 5.75 Å². The third-order valence-corrected chi connectivity index (χ3v) is 10.1. The van der Waals surface area contributed by atoms with Gasteiger partial charge in [-0.05, 0) is 36.3 Å². The van der Waals surface area contributed by atoms with Gasteiger partial charge in [-0.3, -0.25) is 13.9 Å². The van der Waals surface area contributed by atoms with Crippen LogP contribution in [-0.4, -0.2) is 72.8 Å². The second kappa shape index (κ2) is 14.8. The van der Waals surface area contributed by atoms with Crippen molar-refractivity contribution in [1.29, 1.82) is 0 Å². The highest BCUT2D eigenvalue weighted by Gasteiger charge is 2.54. The number of anilines is 2. The van der Waals surface area contributed by atoms with Gasteiger partial charge in [-0.25, -0.2) is 9.55 Å². The van der Waals surface area contributed by atoms with Gasteiger partial charge < -0.3 is 35.3 Å². The van der Waals surface area contributed by atoms with Crippen molar-refractivity contribution < 1.29 is 38.1 Å². The molecule has 15 nitrogen and oxygen atoms in total. The molecule has 0 saturated carbocycles. The number of benzene rings is 3. The summed E-state index contributed by atoms with van der Waals surface area (Å²) in [6.07, 6.45) is -2.58. The SMILES string of the molecule is C[C@H](NP(=O)(OC[C@H]1OC(n2cnc3c(NCc4ccccc4)nc(N)nc32)[C@](C)(O)[C@@H]1O)Oc1cccc2ccccc12)C(=O)OCC(C)(C)C. The van der Waals surface area contributed by atoms with E-state index in [9.17, 15) is 19.6 Å². The van der Waals surface area contributed by atoms with E-state index in [0.29, 0.717) is 23.3 Å². The predicted octanol–water partition coefficient (Wildman–Crippen LogP) is 4.95. The number of ether oxygens (including phenoxy) is 2. The molecule has 3 heterocycles. The van der Waals surface area contributed by atoms with Crippen molar-refractivity contribution in [3.8, 4) is 5.75 Å². The first kappa shape index (κ1) is 37.1. The maximum absolute atomic E-state index is 14.5. The average Bonchev–Trinajstić information content (AvgIpc) is 3.62. The monoisotopic (exact) mass is 733 g/mol. The predicted molar refractivity (Wildman–Crippen MR) is 195 cm³/mol. The molecule has 0 aliphatic carbocycles. The first-order valence-electron chi connectivity index (χ1n) is 16.8. The number of rotatable bonds is 13. The van der Waals surface area contributed by atoms with E-state index in [1.807, 2.05) is 75.4 Å². The molecule has 1 fully saturated rings. The Morgan fingerprint density at radius 1 is 1.10 bits per heavy atom. The first-order chi connectivity index (χ1) is 24.6. The lowest BCUT2D eigenvalue weighted by Gasteiger charge is -2.27. The molecular formula is C36H44N7O8P. The molecule has 1 aliphatic heterocycles. The summed E-state index contributed by atoms with van der Waals surface area (Å²) in [5.74, 6) is -0.0985. The van der Waals surface area contributed by atoms with Crippen LogP contribution < -0.4 is 20.7 Å². The Morgan fingerprint density at radius 3 is 2.56 bits per heavy atom. The van der Waals surface area contributed by atoms with Crippen LogP contribution in [0.15, 0.2) is 79.1 Å². The molecule has 6 atom stereocenters. The van der Waals surface area contributed by atoms with Gasteiger partial charge >= 0.3 is 13.7 Å². The van der Waals surface area contributed by atoms with Crippen LogP contribution in [0.25, 0.3) is 21.9 Å². The number of nitrogens with two attached hydrogens (primary N) is 1. The van der Waals surface area contributed by atoms with E-state index in [1.54, 1.807) is 18.2 Å². The highest BCUT2D eigenvalue weighted by atomic mass is 31.2. The summed E-state index contributed by atoms with van der Waals surface area (Å²) in [4.78, 5) is 26.1. The molecular weight excluding hydrogens is 689 g/mol. The van der Waals surface area contributed by atoms with Gasteiger partial charge in [-0.2, -0.15) is 15.1 Å². The van der Waals surface area contributed by atoms with E-state index in [1.165, 1.54) is 24.7 Å². The lowest BCUT2D eigenvalue weighted by molar-refractivity contribution is -0.148. The third kappa shape index (κ3) is 8.20. The number of nitrogens with zero attached hydrogens (tertiary/aromatic N) is 4. The number of nitrogen functional groups attached to an aromatic ring is 1. The van der Waals surface area contributed by atoms with E-state index in [2.05, 4.69) is 25.4 Å². The normalized spacial score (nSPS) is 22.2. The van der Waals surface area contributed by atoms with Crippen molar-refractivity contribution >= 4 is 47.4 Å². The summed E-state index contributed by atoms with van der Waals surface area (Å²) in [7, 11) is -4.39. The summed E-state index contributed by atoms with van der Waals surface area (Å²) in [5.41, 5.74) is 5.49. The van der Waals surface area contributed by atoms with Crippen LogP contribution in [0.2, 0.25) is 0 Å². The summed E-state index contributed by atoms with van der Waals surface area (Å²) < 4.78 is 39.5. The van der Waals surface area contributed by atoms with Gasteiger partial charge in [0.15, 0.2) is 23.2 Å². The highest BCUT2D eigenvalue weighted by molar-refractivity contribution is 7.52. The van der Waals surface area contributed by atoms with Gasteiger partial charge in [0.25, 0.3) is 0 Å². The zero-order chi connectivity index (χ0) is 37.3. The Hall–Kier alpha value is -4.63. The minimum absolute atomic E-state index is 0.0457. The topological polar surface area (TPSA) is 205 Å². The van der Waals surface area contributed by atoms with Crippen molar-refractivity contribution in [2.45, 2.75) is 71.2 Å². The molecule has 2 aromatic heterocycles. The van der Waals surface area contributed by atoms with Crippen molar-refractivity contribution in [3.63, 3.8) is 0 Å². The zero-order valence-corrected chi connectivity index (χ0v) is 30.5. The summed E-state index contributed by atoms with van der Waals surface area (Å²) in [5, 5.41) is 30.3. The molecule has 0 spiro atoms. The number of imidazole rings is 1. The largest absolute Gasteiger partial charge is 0.464 e. The molecule has 6 N–H and O–H groups in total. The number of aliphatic hydroxyl groups is 2. The van der Waals surface area contributed by atoms with Crippen LogP contribution in [-0.2, 0) is 29.9 Å². The number of aliphatic hydroxyl groups excluding tert-OH is 1. The molecule has 276 valence electrons. The van der Waals surface area contributed by atoms with Gasteiger partial charge in [0.05, 0.1) is 19.5 Å². The average molecular weight is 734 g/mol. The van der Waals surface area contributed by atoms with Crippen molar-refractivity contribution in [2.24, 2.45) is 5.41 Å². The smallest absolute Gasteiger partial charge is 0.459 e. The molecule has 6 rings (SSSR count). The van der Waals surface area contributed by atoms with E-state index in [0.717, 1.165) is 10.9 Å². The van der Waals surface area contributed by atoms with Gasteiger partial charge in [0.1, 0.15) is 29.6 Å². The quantitative estimate of drug-likeness (QED) is 0.0802. The van der Waals surface area contributed by atoms with Crippen molar-refractivity contribution in [2.75, 3.05) is 24.3 Å². The maximum atomic E-state index is 14.5. The third-order valence-electron chi connectivity index (χ3n) is 8.48. The maximum Gasteiger partial charge on any atom is 0.459 e. The first-order valence-corrected chi connectivity index (χ1v) is 18.4. The van der Waals surface area contributed by atoms with E-state index >= 15 is 0 Å². The van der Waals surface area contributed by atoms with Gasteiger partial charge in [0.2, 0.25) is 5.95 Å². The van der Waals surface area contributed by atoms with Crippen LogP contribution in [0.3, 0.4) is 0 Å². The number of hydrogen-bond acceptors (Lipinski definition) is 13. The number of carbonyl (C=O) groups excluding carboxylic acids is 1. The Labute approximate surface area is 301 Å². The number of hydrogen-bond donors (Lipinski definition) is 5. The molecule has 3 aromatic carbocycles. The summed E-state index contributed by atoms with van der Waals surface area (Å²) in [6.45, 7) is 8.69. The lowest BCUT2D eigenvalue weighted by atomic mass is 9.96. The molecule has 1 aliphatic rings. The van der Waals surface area contributed by atoms with E-state index in [-0.39, 0.29) is 29.4 Å². The van der Waals surface area contributed by atoms with Crippen LogP contribution in [0.4, 0.5) is 11.8 Å². The van der Waals surface area contributed by atoms with Gasteiger partial charge in [-0.15, -0.1) is 0 Å². The second-order valence-electron chi connectivity index (χ2n) is 14.2. The Kier molecular flexibility index (Phi) is 10.6. The van der Waals surface area contributed by atoms with Crippen LogP contribution in [0, 0.1) is 5.41 Å². The summed E-state index contributed by atoms with van der Waals surface area (Å²) >= 11 is 0. The van der Waals surface area contributed by atoms with Crippen LogP contribution in [0.1, 0.15) is 46.4 Å². The number of nitrogens with one attached hydrogen (secondary N) is 2. The van der Waals surface area contributed by atoms with Gasteiger partial charge in [0, 0.05) is 11.9 Å². The van der Waals surface area contributed by atoms with Crippen molar-refractivity contribution in [1.82, 2.24) is 24.6 Å². The Balaban J connectivity index is 1.23. The summed E-state index contributed by atoms with van der Waals surface area (Å²) in [6, 6.07) is 21.2. The molecule has 0 bridgehead atoms. The highest BCUT2D eigenvalue weighted by Crippen LogP contribution is 2.48. The van der Waals surface area contributed by atoms with E-state index < -0.39 is 50.4 Å². The Morgan fingerprint density at radius 2 is 1.81 bits per heavy atom. The van der Waals surface area contributed by atoms with Gasteiger partial charge in [-0.1, -0.05) is 87.5 Å². The van der Waals surface area contributed by atoms with Crippen molar-refractivity contribution in [3.05, 3.63) is 84.7 Å². The van der Waals surface area contributed by atoms with E-state index in [4.69, 9.17) is 24.3 Å². The minimum atomic E-state index is -4.39. The molecule has 16 heteroatoms.